The quantitative estimate of drug-likeness (QED) is 0.456. The molecule has 0 fully saturated rings. The molecule has 2 heterocycles. The van der Waals surface area contributed by atoms with Crippen LogP contribution in [0.1, 0.15) is 23.9 Å². The van der Waals surface area contributed by atoms with Crippen molar-refractivity contribution in [2.24, 2.45) is 0 Å². The number of benzene rings is 2. The first-order chi connectivity index (χ1) is 14.2. The normalized spacial score (nSPS) is 12.0. The van der Waals surface area contributed by atoms with Crippen LogP contribution in [0.15, 0.2) is 82.4 Å². The second-order valence-electron chi connectivity index (χ2n) is 6.68. The van der Waals surface area contributed by atoms with E-state index in [4.69, 9.17) is 14.4 Å². The summed E-state index contributed by atoms with van der Waals surface area (Å²) in [6.45, 7) is 2.25. The monoisotopic (exact) mass is 403 g/mol. The van der Waals surface area contributed by atoms with Gasteiger partial charge in [0.2, 0.25) is 5.91 Å². The van der Waals surface area contributed by atoms with Crippen molar-refractivity contribution in [3.8, 4) is 0 Å². The van der Waals surface area contributed by atoms with Crippen molar-refractivity contribution in [3.05, 3.63) is 90.0 Å². The molecule has 0 aliphatic heterocycles. The Morgan fingerprint density at radius 3 is 2.45 bits per heavy atom. The van der Waals surface area contributed by atoms with Gasteiger partial charge in [-0.2, -0.15) is 0 Å². The molecule has 1 amide bonds. The summed E-state index contributed by atoms with van der Waals surface area (Å²) < 4.78 is 5.27. The Morgan fingerprint density at radius 1 is 1.00 bits per heavy atom. The molecule has 0 saturated heterocycles. The van der Waals surface area contributed by atoms with Gasteiger partial charge < -0.3 is 9.73 Å². The summed E-state index contributed by atoms with van der Waals surface area (Å²) in [5, 5.41) is 3.38. The Hall–Kier alpha value is -3.12. The van der Waals surface area contributed by atoms with Crippen LogP contribution in [0.3, 0.4) is 0 Å². The van der Waals surface area contributed by atoms with Gasteiger partial charge in [-0.1, -0.05) is 54.2 Å². The van der Waals surface area contributed by atoms with Gasteiger partial charge in [-0.25, -0.2) is 9.97 Å². The number of furan rings is 1. The first kappa shape index (κ1) is 19.2. The van der Waals surface area contributed by atoms with E-state index in [9.17, 15) is 4.79 Å². The molecule has 0 spiro atoms. The molecule has 5 nitrogen and oxygen atoms in total. The van der Waals surface area contributed by atoms with Gasteiger partial charge in [0, 0.05) is 6.42 Å². The number of thioether (sulfide) groups is 1. The first-order valence-corrected chi connectivity index (χ1v) is 10.3. The van der Waals surface area contributed by atoms with Gasteiger partial charge >= 0.3 is 0 Å². The molecule has 6 heteroatoms. The zero-order chi connectivity index (χ0) is 20.1. The Labute approximate surface area is 173 Å². The Balaban J connectivity index is 1.55. The van der Waals surface area contributed by atoms with Crippen LogP contribution in [-0.2, 0) is 17.8 Å². The molecule has 1 N–H and O–H groups in total. The molecule has 2 aromatic heterocycles. The van der Waals surface area contributed by atoms with Crippen LogP contribution < -0.4 is 5.32 Å². The smallest absolute Gasteiger partial charge is 0.233 e. The number of rotatable bonds is 7. The third-order valence-electron chi connectivity index (χ3n) is 4.49. The molecule has 0 unspecified atom stereocenters. The van der Waals surface area contributed by atoms with E-state index in [-0.39, 0.29) is 11.2 Å². The maximum Gasteiger partial charge on any atom is 0.233 e. The minimum atomic E-state index is -0.310. The number of aromatic nitrogens is 2. The van der Waals surface area contributed by atoms with Crippen molar-refractivity contribution < 1.29 is 9.21 Å². The zero-order valence-corrected chi connectivity index (χ0v) is 16.9. The van der Waals surface area contributed by atoms with Crippen molar-refractivity contribution in [1.29, 1.82) is 0 Å². The fraction of sp³-hybridized carbons (Fsp3) is 0.174. The number of nitrogens with one attached hydrogen (secondary N) is 1. The maximum atomic E-state index is 12.6. The van der Waals surface area contributed by atoms with Gasteiger partial charge in [0.15, 0.2) is 0 Å². The molecule has 1 atom stereocenters. The van der Waals surface area contributed by atoms with Crippen LogP contribution in [0.4, 0.5) is 0 Å². The SMILES string of the molecule is C[C@H](Sc1nc2ccccc2nc1Cc1ccccc1)C(=O)NCc1ccco1. The Bertz CT molecular complexity index is 1100. The molecule has 0 aliphatic rings. The first-order valence-electron chi connectivity index (χ1n) is 9.45. The zero-order valence-electron chi connectivity index (χ0n) is 16.0. The molecule has 2 aromatic carbocycles. The van der Waals surface area contributed by atoms with E-state index in [1.165, 1.54) is 11.8 Å². The van der Waals surface area contributed by atoms with Gasteiger partial charge in [0.25, 0.3) is 0 Å². The van der Waals surface area contributed by atoms with Gasteiger partial charge in [0.1, 0.15) is 10.8 Å². The van der Waals surface area contributed by atoms with E-state index < -0.39 is 0 Å². The van der Waals surface area contributed by atoms with Gasteiger partial charge in [-0.05, 0) is 36.8 Å². The Morgan fingerprint density at radius 2 is 1.72 bits per heavy atom. The average Bonchev–Trinajstić information content (AvgIpc) is 3.27. The number of carbonyl (C=O) groups excluding carboxylic acids is 1. The lowest BCUT2D eigenvalue weighted by Gasteiger charge is -2.14. The highest BCUT2D eigenvalue weighted by molar-refractivity contribution is 8.00. The molecular weight excluding hydrogens is 382 g/mol. The summed E-state index contributed by atoms with van der Waals surface area (Å²) in [5.74, 6) is 0.665. The maximum absolute atomic E-state index is 12.6. The summed E-state index contributed by atoms with van der Waals surface area (Å²) in [4.78, 5) is 22.2. The van der Waals surface area contributed by atoms with E-state index in [0.29, 0.717) is 13.0 Å². The second-order valence-corrected chi connectivity index (χ2v) is 8.01. The molecule has 0 saturated carbocycles. The molecule has 29 heavy (non-hydrogen) atoms. The summed E-state index contributed by atoms with van der Waals surface area (Å²) in [5.41, 5.74) is 3.73. The lowest BCUT2D eigenvalue weighted by Crippen LogP contribution is -2.30. The number of fused-ring (bicyclic) bond motifs is 1. The molecular formula is C23H21N3O2S. The standard InChI is InChI=1S/C23H21N3O2S/c1-16(22(27)24-15-18-10-7-13-28-18)29-23-21(14-17-8-3-2-4-9-17)25-19-11-5-6-12-20(19)26-23/h2-13,16H,14-15H2,1H3,(H,24,27)/t16-/m0/s1. The molecule has 4 aromatic rings. The van der Waals surface area contributed by atoms with E-state index in [2.05, 4.69) is 17.4 Å². The van der Waals surface area contributed by atoms with Crippen LogP contribution in [-0.4, -0.2) is 21.1 Å². The van der Waals surface area contributed by atoms with Crippen LogP contribution in [0.2, 0.25) is 0 Å². The molecule has 4 rings (SSSR count). The minimum Gasteiger partial charge on any atom is -0.467 e. The average molecular weight is 404 g/mol. The summed E-state index contributed by atoms with van der Waals surface area (Å²) in [6, 6.07) is 21.6. The van der Waals surface area contributed by atoms with Crippen molar-refractivity contribution >= 4 is 28.7 Å². The van der Waals surface area contributed by atoms with E-state index in [1.807, 2.05) is 55.5 Å². The number of para-hydroxylation sites is 2. The molecule has 0 radical (unpaired) electrons. The molecule has 0 aliphatic carbocycles. The molecule has 146 valence electrons. The minimum absolute atomic E-state index is 0.0629. The highest BCUT2D eigenvalue weighted by atomic mass is 32.2. The predicted molar refractivity (Wildman–Crippen MR) is 115 cm³/mol. The fourth-order valence-corrected chi connectivity index (χ4v) is 3.90. The Kier molecular flexibility index (Phi) is 5.91. The number of carbonyl (C=O) groups is 1. The predicted octanol–water partition coefficient (Wildman–Crippen LogP) is 4.61. The van der Waals surface area contributed by atoms with Crippen molar-refractivity contribution in [2.45, 2.75) is 30.2 Å². The van der Waals surface area contributed by atoms with Gasteiger partial charge in [-0.3, -0.25) is 4.79 Å². The van der Waals surface area contributed by atoms with Crippen LogP contribution in [0.25, 0.3) is 11.0 Å². The van der Waals surface area contributed by atoms with Crippen LogP contribution >= 0.6 is 11.8 Å². The number of hydrogen-bond donors (Lipinski definition) is 1. The summed E-state index contributed by atoms with van der Waals surface area (Å²) in [6.07, 6.45) is 2.27. The largest absolute Gasteiger partial charge is 0.467 e. The van der Waals surface area contributed by atoms with Crippen LogP contribution in [0.5, 0.6) is 0 Å². The number of hydrogen-bond acceptors (Lipinski definition) is 5. The van der Waals surface area contributed by atoms with E-state index >= 15 is 0 Å². The summed E-state index contributed by atoms with van der Waals surface area (Å²) >= 11 is 1.43. The highest BCUT2D eigenvalue weighted by Crippen LogP contribution is 2.28. The van der Waals surface area contributed by atoms with Crippen LogP contribution in [0, 0.1) is 0 Å². The lowest BCUT2D eigenvalue weighted by molar-refractivity contribution is -0.120. The van der Waals surface area contributed by atoms with Crippen molar-refractivity contribution in [1.82, 2.24) is 15.3 Å². The van der Waals surface area contributed by atoms with Gasteiger partial charge in [0.05, 0.1) is 34.8 Å². The van der Waals surface area contributed by atoms with Crippen molar-refractivity contribution in [3.63, 3.8) is 0 Å². The second kappa shape index (κ2) is 8.92. The fourth-order valence-electron chi connectivity index (χ4n) is 2.97. The number of nitrogens with zero attached hydrogens (tertiary/aromatic N) is 2. The topological polar surface area (TPSA) is 68.0 Å². The third-order valence-corrected chi connectivity index (χ3v) is 5.61. The lowest BCUT2D eigenvalue weighted by atomic mass is 10.1. The number of amides is 1. The van der Waals surface area contributed by atoms with E-state index in [1.54, 1.807) is 12.3 Å². The van der Waals surface area contributed by atoms with Crippen molar-refractivity contribution in [2.75, 3.05) is 0 Å². The van der Waals surface area contributed by atoms with Gasteiger partial charge in [-0.15, -0.1) is 0 Å². The third kappa shape index (κ3) is 4.84. The van der Waals surface area contributed by atoms with E-state index in [0.717, 1.165) is 33.1 Å². The molecule has 0 bridgehead atoms. The highest BCUT2D eigenvalue weighted by Gasteiger charge is 2.19. The summed E-state index contributed by atoms with van der Waals surface area (Å²) in [7, 11) is 0.